The maximum atomic E-state index is 2.34. The summed E-state index contributed by atoms with van der Waals surface area (Å²) in [6.45, 7) is 4.67. The molecule has 0 aromatic heterocycles. The second-order valence-electron chi connectivity index (χ2n) is 8.01. The highest BCUT2D eigenvalue weighted by molar-refractivity contribution is 5.14. The average molecular weight is 331 g/mol. The highest BCUT2D eigenvalue weighted by atomic mass is 14.0. The van der Waals surface area contributed by atoms with Crippen molar-refractivity contribution in [3.05, 3.63) is 35.9 Å². The maximum Gasteiger partial charge on any atom is -0.0279 e. The normalized spacial score (nSPS) is 11.3. The van der Waals surface area contributed by atoms with Gasteiger partial charge in [0.25, 0.3) is 0 Å². The van der Waals surface area contributed by atoms with E-state index in [1.165, 1.54) is 102 Å². The molecule has 0 aliphatic heterocycles. The zero-order valence-electron chi connectivity index (χ0n) is 16.6. The summed E-state index contributed by atoms with van der Waals surface area (Å²) in [6.07, 6.45) is 21.5. The minimum absolute atomic E-state index is 0.892. The number of unbranched alkanes of at least 4 members (excludes halogenated alkanes) is 12. The Balaban J connectivity index is 1.72. The van der Waals surface area contributed by atoms with Crippen molar-refractivity contribution in [2.45, 2.75) is 110 Å². The summed E-state index contributed by atoms with van der Waals surface area (Å²) >= 11 is 0. The molecule has 1 rings (SSSR count). The van der Waals surface area contributed by atoms with Crippen LogP contribution in [-0.4, -0.2) is 0 Å². The lowest BCUT2D eigenvalue weighted by molar-refractivity contribution is 0.502. The van der Waals surface area contributed by atoms with Crippen LogP contribution < -0.4 is 0 Å². The first-order valence-corrected chi connectivity index (χ1v) is 10.8. The Labute approximate surface area is 152 Å². The molecule has 0 unspecified atom stereocenters. The summed E-state index contributed by atoms with van der Waals surface area (Å²) in [7, 11) is 0. The molecular formula is C24H42. The zero-order valence-corrected chi connectivity index (χ0v) is 16.6. The van der Waals surface area contributed by atoms with E-state index in [0.29, 0.717) is 0 Å². The summed E-state index contributed by atoms with van der Waals surface area (Å²) in [5.74, 6) is 0.892. The fraction of sp³-hybridized carbons (Fsp3) is 0.750. The van der Waals surface area contributed by atoms with Gasteiger partial charge in [-0.25, -0.2) is 0 Å². The molecule has 0 aliphatic rings. The van der Waals surface area contributed by atoms with Crippen molar-refractivity contribution < 1.29 is 0 Å². The second kappa shape index (κ2) is 15.7. The van der Waals surface area contributed by atoms with E-state index in [2.05, 4.69) is 44.2 Å². The van der Waals surface area contributed by atoms with Crippen LogP contribution in [0.4, 0.5) is 0 Å². The van der Waals surface area contributed by atoms with Gasteiger partial charge in [0.2, 0.25) is 0 Å². The fourth-order valence-electron chi connectivity index (χ4n) is 3.47. The standard InChI is InChI=1S/C24H42/c1-23(2)19-15-12-10-8-6-4-3-5-7-9-11-13-16-20-24-21-17-14-18-22-24/h14,17-18,21-23H,3-13,15-16,19-20H2,1-2H3. The molecule has 0 saturated heterocycles. The Morgan fingerprint density at radius 1 is 0.542 bits per heavy atom. The molecule has 24 heavy (non-hydrogen) atoms. The molecule has 0 radical (unpaired) electrons. The molecule has 0 bridgehead atoms. The second-order valence-corrected chi connectivity index (χ2v) is 8.01. The van der Waals surface area contributed by atoms with E-state index in [9.17, 15) is 0 Å². The van der Waals surface area contributed by atoms with Crippen molar-refractivity contribution in [1.29, 1.82) is 0 Å². The van der Waals surface area contributed by atoms with Crippen LogP contribution >= 0.6 is 0 Å². The summed E-state index contributed by atoms with van der Waals surface area (Å²) < 4.78 is 0. The van der Waals surface area contributed by atoms with Gasteiger partial charge in [0.1, 0.15) is 0 Å². The van der Waals surface area contributed by atoms with Crippen molar-refractivity contribution in [3.63, 3.8) is 0 Å². The van der Waals surface area contributed by atoms with Gasteiger partial charge in [-0.2, -0.15) is 0 Å². The van der Waals surface area contributed by atoms with E-state index in [0.717, 1.165) is 5.92 Å². The van der Waals surface area contributed by atoms with Crippen molar-refractivity contribution in [3.8, 4) is 0 Å². The molecule has 0 N–H and O–H groups in total. The van der Waals surface area contributed by atoms with Crippen LogP contribution in [-0.2, 0) is 6.42 Å². The third-order valence-electron chi connectivity index (χ3n) is 5.09. The van der Waals surface area contributed by atoms with Gasteiger partial charge in [0.05, 0.1) is 0 Å². The van der Waals surface area contributed by atoms with Gasteiger partial charge in [-0.15, -0.1) is 0 Å². The highest BCUT2D eigenvalue weighted by Gasteiger charge is 1.96. The molecule has 1 aromatic carbocycles. The van der Waals surface area contributed by atoms with Crippen LogP contribution in [0.5, 0.6) is 0 Å². The lowest BCUT2D eigenvalue weighted by Crippen LogP contribution is -1.87. The Morgan fingerprint density at radius 3 is 1.42 bits per heavy atom. The highest BCUT2D eigenvalue weighted by Crippen LogP contribution is 2.14. The number of benzene rings is 1. The summed E-state index contributed by atoms with van der Waals surface area (Å²) in [4.78, 5) is 0. The topological polar surface area (TPSA) is 0 Å². The van der Waals surface area contributed by atoms with Gasteiger partial charge in [0, 0.05) is 0 Å². The fourth-order valence-corrected chi connectivity index (χ4v) is 3.47. The predicted molar refractivity (Wildman–Crippen MR) is 110 cm³/mol. The molecular weight excluding hydrogens is 288 g/mol. The Bertz CT molecular complexity index is 352. The van der Waals surface area contributed by atoms with Gasteiger partial charge in [-0.3, -0.25) is 0 Å². The van der Waals surface area contributed by atoms with E-state index in [-0.39, 0.29) is 0 Å². The zero-order chi connectivity index (χ0) is 17.3. The van der Waals surface area contributed by atoms with Crippen LogP contribution in [0.1, 0.15) is 109 Å². The van der Waals surface area contributed by atoms with Crippen molar-refractivity contribution in [1.82, 2.24) is 0 Å². The van der Waals surface area contributed by atoms with Gasteiger partial charge < -0.3 is 0 Å². The van der Waals surface area contributed by atoms with E-state index < -0.39 is 0 Å². The smallest absolute Gasteiger partial charge is 0.0279 e. The molecule has 0 atom stereocenters. The van der Waals surface area contributed by atoms with E-state index >= 15 is 0 Å². The lowest BCUT2D eigenvalue weighted by Gasteiger charge is -2.05. The van der Waals surface area contributed by atoms with E-state index in [4.69, 9.17) is 0 Å². The Hall–Kier alpha value is -0.780. The Morgan fingerprint density at radius 2 is 0.958 bits per heavy atom. The Kier molecular flexibility index (Phi) is 13.9. The number of aryl methyl sites for hydroxylation is 1. The lowest BCUT2D eigenvalue weighted by atomic mass is 10.0. The molecule has 0 heterocycles. The molecule has 0 spiro atoms. The van der Waals surface area contributed by atoms with Crippen molar-refractivity contribution in [2.24, 2.45) is 5.92 Å². The van der Waals surface area contributed by atoms with Gasteiger partial charge in [0.15, 0.2) is 0 Å². The van der Waals surface area contributed by atoms with E-state index in [1.54, 1.807) is 0 Å². The van der Waals surface area contributed by atoms with Crippen LogP contribution in [0, 0.1) is 5.92 Å². The van der Waals surface area contributed by atoms with Crippen LogP contribution in [0.3, 0.4) is 0 Å². The SMILES string of the molecule is CC(C)CCCCCCCCCCCCCCCc1ccccc1. The van der Waals surface area contributed by atoms with Gasteiger partial charge in [-0.05, 0) is 24.3 Å². The maximum absolute atomic E-state index is 2.34. The largest absolute Gasteiger partial charge is 0.0628 e. The quantitative estimate of drug-likeness (QED) is 0.267. The first-order chi connectivity index (χ1) is 11.8. The average Bonchev–Trinajstić information content (AvgIpc) is 2.59. The summed E-state index contributed by atoms with van der Waals surface area (Å²) in [5, 5.41) is 0. The molecule has 138 valence electrons. The molecule has 0 fully saturated rings. The monoisotopic (exact) mass is 330 g/mol. The minimum atomic E-state index is 0.892. The third-order valence-corrected chi connectivity index (χ3v) is 5.09. The molecule has 0 aliphatic carbocycles. The molecule has 0 saturated carbocycles. The molecule has 0 heteroatoms. The molecule has 0 amide bonds. The minimum Gasteiger partial charge on any atom is -0.0628 e. The van der Waals surface area contributed by atoms with Gasteiger partial charge in [-0.1, -0.05) is 128 Å². The van der Waals surface area contributed by atoms with Crippen molar-refractivity contribution >= 4 is 0 Å². The molecule has 1 aromatic rings. The van der Waals surface area contributed by atoms with Gasteiger partial charge >= 0.3 is 0 Å². The predicted octanol–water partition coefficient (Wildman–Crippen LogP) is 8.35. The summed E-state index contributed by atoms with van der Waals surface area (Å²) in [6, 6.07) is 10.9. The first kappa shape index (κ1) is 21.3. The number of hydrogen-bond acceptors (Lipinski definition) is 0. The van der Waals surface area contributed by atoms with Crippen LogP contribution in [0.25, 0.3) is 0 Å². The number of rotatable bonds is 16. The van der Waals surface area contributed by atoms with Crippen molar-refractivity contribution in [2.75, 3.05) is 0 Å². The molecule has 0 nitrogen and oxygen atoms in total. The first-order valence-electron chi connectivity index (χ1n) is 10.8. The number of hydrogen-bond donors (Lipinski definition) is 0. The van der Waals surface area contributed by atoms with Crippen LogP contribution in [0.2, 0.25) is 0 Å². The third kappa shape index (κ3) is 13.6. The summed E-state index contributed by atoms with van der Waals surface area (Å²) in [5.41, 5.74) is 1.50. The van der Waals surface area contributed by atoms with Crippen LogP contribution in [0.15, 0.2) is 30.3 Å². The van der Waals surface area contributed by atoms with E-state index in [1.807, 2.05) is 0 Å².